The van der Waals surface area contributed by atoms with Gasteiger partial charge in [0.15, 0.2) is 6.10 Å². The van der Waals surface area contributed by atoms with Gasteiger partial charge in [-0.3, -0.25) is 4.79 Å². The Kier molecular flexibility index (Phi) is 7.62. The molecule has 1 atom stereocenters. The summed E-state index contributed by atoms with van der Waals surface area (Å²) in [5.74, 6) is -0.949. The van der Waals surface area contributed by atoms with Gasteiger partial charge in [-0.05, 0) is 26.7 Å². The van der Waals surface area contributed by atoms with Crippen LogP contribution in [0.2, 0.25) is 0 Å². The van der Waals surface area contributed by atoms with Gasteiger partial charge >= 0.3 is 11.9 Å². The fourth-order valence-electron chi connectivity index (χ4n) is 1.03. The molecule has 0 spiro atoms. The third-order valence-corrected chi connectivity index (χ3v) is 1.72. The van der Waals surface area contributed by atoms with Crippen molar-refractivity contribution in [2.45, 2.75) is 39.2 Å². The number of hydrogen-bond donors (Lipinski definition) is 1. The van der Waals surface area contributed by atoms with E-state index in [-0.39, 0.29) is 25.4 Å². The Morgan fingerprint density at radius 2 is 1.80 bits per heavy atom. The zero-order valence-corrected chi connectivity index (χ0v) is 9.19. The Hall–Kier alpha value is -1.10. The van der Waals surface area contributed by atoms with Gasteiger partial charge in [-0.2, -0.15) is 0 Å². The lowest BCUT2D eigenvalue weighted by Gasteiger charge is -2.08. The van der Waals surface area contributed by atoms with Crippen LogP contribution in [-0.2, 0) is 19.1 Å². The Bertz CT molecular complexity index is 202. The van der Waals surface area contributed by atoms with Crippen molar-refractivity contribution in [3.63, 3.8) is 0 Å². The molecule has 5 nitrogen and oxygen atoms in total. The van der Waals surface area contributed by atoms with Gasteiger partial charge in [0.25, 0.3) is 0 Å². The number of carbonyl (C=O) groups is 2. The van der Waals surface area contributed by atoms with Gasteiger partial charge < -0.3 is 14.6 Å². The molecule has 0 aliphatic heterocycles. The molecule has 0 radical (unpaired) electrons. The van der Waals surface area contributed by atoms with Gasteiger partial charge in [0.1, 0.15) is 0 Å². The molecule has 0 rings (SSSR count). The van der Waals surface area contributed by atoms with Crippen LogP contribution in [0.5, 0.6) is 0 Å². The van der Waals surface area contributed by atoms with Crippen LogP contribution in [0.1, 0.15) is 33.1 Å². The van der Waals surface area contributed by atoms with Crippen LogP contribution in [0.15, 0.2) is 0 Å². The average Bonchev–Trinajstić information content (AvgIpc) is 2.18. The molecule has 1 unspecified atom stereocenters. The normalized spacial score (nSPS) is 11.9. The zero-order valence-electron chi connectivity index (χ0n) is 9.19. The minimum absolute atomic E-state index is 0.213. The first-order valence-corrected chi connectivity index (χ1v) is 5.12. The second-order valence-electron chi connectivity index (χ2n) is 2.97. The molecule has 0 saturated heterocycles. The summed E-state index contributed by atoms with van der Waals surface area (Å²) in [6.07, 6.45) is -0.291. The second kappa shape index (κ2) is 8.23. The molecular weight excluding hydrogens is 200 g/mol. The van der Waals surface area contributed by atoms with Crippen molar-refractivity contribution in [3.05, 3.63) is 0 Å². The standard InChI is InChI=1S/C10H18O5/c1-3-14-9(12)7-5-6-8(11)10(13)15-4-2/h8,11H,3-7H2,1-2H3. The van der Waals surface area contributed by atoms with E-state index in [1.807, 2.05) is 0 Å². The van der Waals surface area contributed by atoms with Crippen molar-refractivity contribution < 1.29 is 24.2 Å². The van der Waals surface area contributed by atoms with Gasteiger partial charge in [0.05, 0.1) is 13.2 Å². The Morgan fingerprint density at radius 3 is 2.33 bits per heavy atom. The third-order valence-electron chi connectivity index (χ3n) is 1.72. The third kappa shape index (κ3) is 6.90. The number of esters is 2. The summed E-state index contributed by atoms with van der Waals surface area (Å²) in [6.45, 7) is 3.99. The quantitative estimate of drug-likeness (QED) is 0.635. The summed E-state index contributed by atoms with van der Waals surface area (Å²) in [4.78, 5) is 21.9. The van der Waals surface area contributed by atoms with E-state index in [1.165, 1.54) is 0 Å². The summed E-state index contributed by atoms with van der Waals surface area (Å²) >= 11 is 0. The highest BCUT2D eigenvalue weighted by molar-refractivity contribution is 5.74. The van der Waals surface area contributed by atoms with Crippen LogP contribution in [0, 0.1) is 0 Å². The molecule has 5 heteroatoms. The van der Waals surface area contributed by atoms with Gasteiger partial charge in [0, 0.05) is 6.42 Å². The molecule has 0 bridgehead atoms. The van der Waals surface area contributed by atoms with Crippen LogP contribution in [0.4, 0.5) is 0 Å². The van der Waals surface area contributed by atoms with E-state index in [0.717, 1.165) is 0 Å². The number of aliphatic hydroxyl groups is 1. The molecule has 0 aromatic rings. The molecule has 0 aromatic carbocycles. The number of hydrogen-bond acceptors (Lipinski definition) is 5. The first-order valence-electron chi connectivity index (χ1n) is 5.12. The number of aliphatic hydroxyl groups excluding tert-OH is 1. The minimum atomic E-state index is -1.14. The second-order valence-corrected chi connectivity index (χ2v) is 2.97. The predicted molar refractivity (Wildman–Crippen MR) is 53.1 cm³/mol. The number of rotatable bonds is 7. The lowest BCUT2D eigenvalue weighted by Crippen LogP contribution is -2.23. The average molecular weight is 218 g/mol. The van der Waals surface area contributed by atoms with Crippen LogP contribution < -0.4 is 0 Å². The van der Waals surface area contributed by atoms with E-state index in [1.54, 1.807) is 13.8 Å². The van der Waals surface area contributed by atoms with Crippen LogP contribution in [0.25, 0.3) is 0 Å². The number of ether oxygens (including phenoxy) is 2. The largest absolute Gasteiger partial charge is 0.466 e. The first-order chi connectivity index (χ1) is 7.11. The van der Waals surface area contributed by atoms with E-state index in [9.17, 15) is 14.7 Å². The molecule has 15 heavy (non-hydrogen) atoms. The molecule has 0 aromatic heterocycles. The molecule has 0 aliphatic rings. The molecular formula is C10H18O5. The maximum absolute atomic E-state index is 11.0. The Labute approximate surface area is 89.4 Å². The van der Waals surface area contributed by atoms with Gasteiger partial charge in [0.2, 0.25) is 0 Å². The molecule has 0 fully saturated rings. The van der Waals surface area contributed by atoms with Gasteiger partial charge in [-0.25, -0.2) is 4.79 Å². The Morgan fingerprint density at radius 1 is 1.20 bits per heavy atom. The molecule has 1 N–H and O–H groups in total. The van der Waals surface area contributed by atoms with E-state index in [4.69, 9.17) is 4.74 Å². The van der Waals surface area contributed by atoms with E-state index in [0.29, 0.717) is 13.0 Å². The highest BCUT2D eigenvalue weighted by Crippen LogP contribution is 2.04. The van der Waals surface area contributed by atoms with Crippen LogP contribution in [0.3, 0.4) is 0 Å². The summed E-state index contributed by atoms with van der Waals surface area (Å²) in [5, 5.41) is 9.26. The Balaban J connectivity index is 3.58. The summed E-state index contributed by atoms with van der Waals surface area (Å²) in [6, 6.07) is 0. The van der Waals surface area contributed by atoms with Crippen molar-refractivity contribution in [1.29, 1.82) is 0 Å². The topological polar surface area (TPSA) is 72.8 Å². The van der Waals surface area contributed by atoms with Crippen molar-refractivity contribution in [2.75, 3.05) is 13.2 Å². The molecule has 88 valence electrons. The van der Waals surface area contributed by atoms with E-state index in [2.05, 4.69) is 4.74 Å². The highest BCUT2D eigenvalue weighted by atomic mass is 16.5. The molecule has 0 aliphatic carbocycles. The zero-order chi connectivity index (χ0) is 11.7. The summed E-state index contributed by atoms with van der Waals surface area (Å²) in [7, 11) is 0. The predicted octanol–water partition coefficient (Wildman–Crippen LogP) is 0.644. The fourth-order valence-corrected chi connectivity index (χ4v) is 1.03. The van der Waals surface area contributed by atoms with E-state index >= 15 is 0 Å². The van der Waals surface area contributed by atoms with Gasteiger partial charge in [-0.15, -0.1) is 0 Å². The van der Waals surface area contributed by atoms with Crippen molar-refractivity contribution >= 4 is 11.9 Å². The lowest BCUT2D eigenvalue weighted by atomic mass is 10.1. The minimum Gasteiger partial charge on any atom is -0.466 e. The molecule has 0 saturated carbocycles. The summed E-state index contributed by atoms with van der Waals surface area (Å²) in [5.41, 5.74) is 0. The molecule has 0 heterocycles. The van der Waals surface area contributed by atoms with Crippen molar-refractivity contribution in [2.24, 2.45) is 0 Å². The molecule has 0 amide bonds. The first kappa shape index (κ1) is 13.9. The SMILES string of the molecule is CCOC(=O)CCCC(O)C(=O)OCC. The summed E-state index contributed by atoms with van der Waals surface area (Å²) < 4.78 is 9.30. The van der Waals surface area contributed by atoms with Crippen molar-refractivity contribution in [3.8, 4) is 0 Å². The fraction of sp³-hybridized carbons (Fsp3) is 0.800. The number of carbonyl (C=O) groups excluding carboxylic acids is 2. The monoisotopic (exact) mass is 218 g/mol. The van der Waals surface area contributed by atoms with Gasteiger partial charge in [-0.1, -0.05) is 0 Å². The maximum Gasteiger partial charge on any atom is 0.334 e. The maximum atomic E-state index is 11.0. The van der Waals surface area contributed by atoms with Crippen molar-refractivity contribution in [1.82, 2.24) is 0 Å². The lowest BCUT2D eigenvalue weighted by molar-refractivity contribution is -0.154. The highest BCUT2D eigenvalue weighted by Gasteiger charge is 2.16. The van der Waals surface area contributed by atoms with Crippen LogP contribution in [-0.4, -0.2) is 36.4 Å². The van der Waals surface area contributed by atoms with E-state index < -0.39 is 12.1 Å². The smallest absolute Gasteiger partial charge is 0.334 e. The van der Waals surface area contributed by atoms with Crippen LogP contribution >= 0.6 is 0 Å².